The van der Waals surface area contributed by atoms with Gasteiger partial charge in [0.15, 0.2) is 5.17 Å². The van der Waals surface area contributed by atoms with E-state index in [1.165, 1.54) is 11.8 Å². The number of nitrogens with zero attached hydrogens (tertiary/aromatic N) is 2. The van der Waals surface area contributed by atoms with Gasteiger partial charge < -0.3 is 9.84 Å². The topological polar surface area (TPSA) is 79.2 Å². The fourth-order valence-electron chi connectivity index (χ4n) is 2.82. The van der Waals surface area contributed by atoms with Crippen LogP contribution in [0.4, 0.5) is 0 Å². The van der Waals surface area contributed by atoms with E-state index in [-0.39, 0.29) is 11.5 Å². The Kier molecular flexibility index (Phi) is 6.72. The van der Waals surface area contributed by atoms with E-state index in [1.54, 1.807) is 29.2 Å². The molecular weight excluding hydrogens is 388 g/mol. The lowest BCUT2D eigenvalue weighted by Gasteiger charge is -2.11. The van der Waals surface area contributed by atoms with Crippen molar-refractivity contribution >= 4 is 34.9 Å². The van der Waals surface area contributed by atoms with Gasteiger partial charge >= 0.3 is 5.97 Å². The standard InChI is InChI=1S/C22H22N2O4S/c1-3-23-22-24(4-2)20(25)19(29-22)13-17-7-5-6-8-18(17)28-14-15-9-11-16(12-10-15)21(26)27/h5-13H,3-4,14H2,1-2H3,(H,26,27)/b19-13-,23-22?. The highest BCUT2D eigenvalue weighted by Gasteiger charge is 2.32. The van der Waals surface area contributed by atoms with E-state index in [9.17, 15) is 9.59 Å². The second-order valence-electron chi connectivity index (χ2n) is 6.25. The molecule has 1 saturated heterocycles. The Bertz CT molecular complexity index is 967. The van der Waals surface area contributed by atoms with Crippen LogP contribution in [0.3, 0.4) is 0 Å². The van der Waals surface area contributed by atoms with Crippen LogP contribution in [-0.2, 0) is 11.4 Å². The van der Waals surface area contributed by atoms with Crippen molar-refractivity contribution in [2.75, 3.05) is 13.1 Å². The smallest absolute Gasteiger partial charge is 0.335 e. The number of amides is 1. The number of para-hydroxylation sites is 1. The first-order chi connectivity index (χ1) is 14.0. The minimum atomic E-state index is -0.958. The summed E-state index contributed by atoms with van der Waals surface area (Å²) in [4.78, 5) is 30.3. The molecule has 0 spiro atoms. The van der Waals surface area contributed by atoms with E-state index in [0.29, 0.717) is 30.4 Å². The number of carbonyl (C=O) groups excluding carboxylic acids is 1. The number of amidine groups is 1. The van der Waals surface area contributed by atoms with E-state index < -0.39 is 5.97 Å². The van der Waals surface area contributed by atoms with Crippen LogP contribution in [0.1, 0.15) is 35.3 Å². The number of rotatable bonds is 7. The average molecular weight is 410 g/mol. The minimum Gasteiger partial charge on any atom is -0.488 e. The van der Waals surface area contributed by atoms with Gasteiger partial charge in [-0.2, -0.15) is 0 Å². The molecule has 3 rings (SSSR count). The molecule has 2 aromatic rings. The summed E-state index contributed by atoms with van der Waals surface area (Å²) in [5.74, 6) is -0.358. The number of aliphatic imine (C=N–C) groups is 1. The molecule has 0 aliphatic carbocycles. The van der Waals surface area contributed by atoms with Crippen LogP contribution in [0.25, 0.3) is 6.08 Å². The predicted octanol–water partition coefficient (Wildman–Crippen LogP) is 4.28. The summed E-state index contributed by atoms with van der Waals surface area (Å²) in [5, 5.41) is 9.71. The van der Waals surface area contributed by atoms with Crippen molar-refractivity contribution in [2.24, 2.45) is 4.99 Å². The van der Waals surface area contributed by atoms with Crippen molar-refractivity contribution in [3.05, 3.63) is 70.1 Å². The Balaban J connectivity index is 1.78. The number of benzene rings is 2. The van der Waals surface area contributed by atoms with Gasteiger partial charge in [-0.25, -0.2) is 4.79 Å². The first-order valence-corrected chi connectivity index (χ1v) is 10.1. The maximum atomic E-state index is 12.7. The highest BCUT2D eigenvalue weighted by Crippen LogP contribution is 2.34. The van der Waals surface area contributed by atoms with Gasteiger partial charge in [-0.1, -0.05) is 30.3 Å². The second kappa shape index (κ2) is 9.43. The number of carboxylic acids is 1. The quantitative estimate of drug-likeness (QED) is 0.690. The largest absolute Gasteiger partial charge is 0.488 e. The third-order valence-electron chi connectivity index (χ3n) is 4.30. The number of likely N-dealkylation sites (N-methyl/N-ethyl adjacent to an activating group) is 1. The van der Waals surface area contributed by atoms with E-state index in [1.807, 2.05) is 44.2 Å². The lowest BCUT2D eigenvalue weighted by molar-refractivity contribution is -0.122. The summed E-state index contributed by atoms with van der Waals surface area (Å²) >= 11 is 1.37. The van der Waals surface area contributed by atoms with E-state index in [2.05, 4.69) is 4.99 Å². The number of thioether (sulfide) groups is 1. The molecule has 1 heterocycles. The number of aromatic carboxylic acids is 1. The van der Waals surface area contributed by atoms with Gasteiger partial charge in [0.2, 0.25) is 0 Å². The molecule has 0 unspecified atom stereocenters. The van der Waals surface area contributed by atoms with E-state index in [0.717, 1.165) is 16.3 Å². The number of ether oxygens (including phenoxy) is 1. The summed E-state index contributed by atoms with van der Waals surface area (Å²) in [5.41, 5.74) is 1.90. The molecule has 150 valence electrons. The molecule has 1 aliphatic heterocycles. The molecule has 0 saturated carbocycles. The van der Waals surface area contributed by atoms with Crippen LogP contribution in [-0.4, -0.2) is 40.1 Å². The molecular formula is C22H22N2O4S. The Labute approximate surface area is 173 Å². The Morgan fingerprint density at radius 2 is 1.90 bits per heavy atom. The zero-order valence-corrected chi connectivity index (χ0v) is 17.1. The van der Waals surface area contributed by atoms with Gasteiger partial charge in [-0.3, -0.25) is 14.7 Å². The normalized spacial score (nSPS) is 16.6. The first-order valence-electron chi connectivity index (χ1n) is 9.33. The lowest BCUT2D eigenvalue weighted by Crippen LogP contribution is -2.28. The third-order valence-corrected chi connectivity index (χ3v) is 5.34. The van der Waals surface area contributed by atoms with Crippen LogP contribution >= 0.6 is 11.8 Å². The number of carbonyl (C=O) groups is 2. The Morgan fingerprint density at radius 1 is 1.17 bits per heavy atom. The number of carboxylic acid groups (broad SMARTS) is 1. The average Bonchev–Trinajstić information content (AvgIpc) is 3.02. The lowest BCUT2D eigenvalue weighted by atomic mass is 10.1. The molecule has 29 heavy (non-hydrogen) atoms. The third kappa shape index (κ3) is 4.86. The van der Waals surface area contributed by atoms with Crippen molar-refractivity contribution < 1.29 is 19.4 Å². The van der Waals surface area contributed by atoms with Crippen LogP contribution in [0, 0.1) is 0 Å². The highest BCUT2D eigenvalue weighted by atomic mass is 32.2. The van der Waals surface area contributed by atoms with Gasteiger partial charge in [0.05, 0.1) is 10.5 Å². The maximum absolute atomic E-state index is 12.7. The molecule has 1 amide bonds. The van der Waals surface area contributed by atoms with Crippen molar-refractivity contribution in [3.63, 3.8) is 0 Å². The van der Waals surface area contributed by atoms with Gasteiger partial charge in [-0.05, 0) is 55.4 Å². The monoisotopic (exact) mass is 410 g/mol. The van der Waals surface area contributed by atoms with E-state index >= 15 is 0 Å². The molecule has 1 aliphatic rings. The molecule has 0 atom stereocenters. The molecule has 1 fully saturated rings. The summed E-state index contributed by atoms with van der Waals surface area (Å²) < 4.78 is 5.94. The van der Waals surface area contributed by atoms with Gasteiger partial charge in [0, 0.05) is 18.7 Å². The second-order valence-corrected chi connectivity index (χ2v) is 7.25. The van der Waals surface area contributed by atoms with Gasteiger partial charge in [-0.15, -0.1) is 0 Å². The summed E-state index contributed by atoms with van der Waals surface area (Å²) in [6, 6.07) is 14.1. The maximum Gasteiger partial charge on any atom is 0.335 e. The van der Waals surface area contributed by atoms with Crippen LogP contribution in [0.5, 0.6) is 5.75 Å². The van der Waals surface area contributed by atoms with Crippen molar-refractivity contribution in [1.29, 1.82) is 0 Å². The van der Waals surface area contributed by atoms with Crippen molar-refractivity contribution in [3.8, 4) is 5.75 Å². The molecule has 1 N–H and O–H groups in total. The molecule has 7 heteroatoms. The van der Waals surface area contributed by atoms with Crippen molar-refractivity contribution in [1.82, 2.24) is 4.90 Å². The summed E-state index contributed by atoms with van der Waals surface area (Å²) in [7, 11) is 0. The SMILES string of the molecule is CCN=C1S/C(=C\c2ccccc2OCc2ccc(C(=O)O)cc2)C(=O)N1CC. The summed E-state index contributed by atoms with van der Waals surface area (Å²) in [6.07, 6.45) is 1.83. The molecule has 0 aromatic heterocycles. The molecule has 0 bridgehead atoms. The Morgan fingerprint density at radius 3 is 2.55 bits per heavy atom. The zero-order chi connectivity index (χ0) is 20.8. The van der Waals surface area contributed by atoms with Gasteiger partial charge in [0.1, 0.15) is 12.4 Å². The number of hydrogen-bond acceptors (Lipinski definition) is 5. The van der Waals surface area contributed by atoms with Crippen LogP contribution in [0.2, 0.25) is 0 Å². The predicted molar refractivity (Wildman–Crippen MR) is 115 cm³/mol. The van der Waals surface area contributed by atoms with Crippen molar-refractivity contribution in [2.45, 2.75) is 20.5 Å². The fraction of sp³-hybridized carbons (Fsp3) is 0.227. The fourth-order valence-corrected chi connectivity index (χ4v) is 3.91. The zero-order valence-electron chi connectivity index (χ0n) is 16.3. The molecule has 0 radical (unpaired) electrons. The molecule has 2 aromatic carbocycles. The van der Waals surface area contributed by atoms with Crippen LogP contribution < -0.4 is 4.74 Å². The van der Waals surface area contributed by atoms with Crippen LogP contribution in [0.15, 0.2) is 58.4 Å². The first kappa shape index (κ1) is 20.7. The Hall–Kier alpha value is -3.06. The highest BCUT2D eigenvalue weighted by molar-refractivity contribution is 8.18. The minimum absolute atomic E-state index is 0.0521. The molecule has 6 nitrogen and oxygen atoms in total. The number of hydrogen-bond donors (Lipinski definition) is 1. The van der Waals surface area contributed by atoms with Gasteiger partial charge in [0.25, 0.3) is 5.91 Å². The van der Waals surface area contributed by atoms with E-state index in [4.69, 9.17) is 9.84 Å². The summed E-state index contributed by atoms with van der Waals surface area (Å²) in [6.45, 7) is 5.37.